The van der Waals surface area contributed by atoms with Gasteiger partial charge in [0.25, 0.3) is 0 Å². The van der Waals surface area contributed by atoms with Crippen LogP contribution in [0.25, 0.3) is 0 Å². The van der Waals surface area contributed by atoms with Gasteiger partial charge in [-0.1, -0.05) is 0 Å². The molecule has 1 aromatic heterocycles. The third-order valence-electron chi connectivity index (χ3n) is 3.39. The average Bonchev–Trinajstić information content (AvgIpc) is 3.15. The monoisotopic (exact) mass is 221 g/mol. The Bertz CT molecular complexity index is 392. The van der Waals surface area contributed by atoms with E-state index in [2.05, 4.69) is 5.32 Å². The molecule has 0 unspecified atom stereocenters. The van der Waals surface area contributed by atoms with Crippen molar-refractivity contribution in [2.75, 3.05) is 5.32 Å². The van der Waals surface area contributed by atoms with E-state index in [0.29, 0.717) is 11.9 Å². The van der Waals surface area contributed by atoms with Crippen molar-refractivity contribution < 1.29 is 14.3 Å². The number of rotatable bonds is 5. The standard InChI is InChI=1S/C12H15NO3/c14-12(15)9-5-6-10(16-9)13-11(7-1-2-7)8-3-4-8/h5-8,11,13H,1-4H2,(H,14,15). The molecule has 2 aliphatic rings. The van der Waals surface area contributed by atoms with Crippen LogP contribution in [0.2, 0.25) is 0 Å². The molecular weight excluding hydrogens is 206 g/mol. The lowest BCUT2D eigenvalue weighted by Gasteiger charge is -2.16. The molecule has 2 aliphatic carbocycles. The summed E-state index contributed by atoms with van der Waals surface area (Å²) in [7, 11) is 0. The molecule has 3 rings (SSSR count). The van der Waals surface area contributed by atoms with Crippen LogP contribution >= 0.6 is 0 Å². The molecule has 1 heterocycles. The van der Waals surface area contributed by atoms with Crippen LogP contribution in [0.1, 0.15) is 36.2 Å². The minimum absolute atomic E-state index is 0.00726. The summed E-state index contributed by atoms with van der Waals surface area (Å²) >= 11 is 0. The van der Waals surface area contributed by atoms with Crippen LogP contribution in [0.3, 0.4) is 0 Å². The van der Waals surface area contributed by atoms with Gasteiger partial charge in [0.15, 0.2) is 5.88 Å². The van der Waals surface area contributed by atoms with E-state index in [1.165, 1.54) is 31.7 Å². The highest BCUT2D eigenvalue weighted by molar-refractivity contribution is 5.84. The number of hydrogen-bond acceptors (Lipinski definition) is 3. The minimum atomic E-state index is -1.01. The molecule has 1 aromatic rings. The summed E-state index contributed by atoms with van der Waals surface area (Å²) in [6, 6.07) is 3.70. The summed E-state index contributed by atoms with van der Waals surface area (Å²) in [5.74, 6) is 1.13. The zero-order valence-corrected chi connectivity index (χ0v) is 8.98. The summed E-state index contributed by atoms with van der Waals surface area (Å²) in [5.41, 5.74) is 0. The Kier molecular flexibility index (Phi) is 2.16. The van der Waals surface area contributed by atoms with E-state index >= 15 is 0 Å². The quantitative estimate of drug-likeness (QED) is 0.802. The van der Waals surface area contributed by atoms with Crippen molar-refractivity contribution in [2.45, 2.75) is 31.7 Å². The van der Waals surface area contributed by atoms with Gasteiger partial charge in [-0.2, -0.15) is 0 Å². The lowest BCUT2D eigenvalue weighted by Crippen LogP contribution is -2.23. The zero-order valence-electron chi connectivity index (χ0n) is 8.98. The number of anilines is 1. The number of hydrogen-bond donors (Lipinski definition) is 2. The molecule has 2 fully saturated rings. The molecule has 16 heavy (non-hydrogen) atoms. The molecule has 0 amide bonds. The fourth-order valence-corrected chi connectivity index (χ4v) is 2.23. The van der Waals surface area contributed by atoms with Crippen LogP contribution in [0.4, 0.5) is 5.88 Å². The number of carboxylic acids is 1. The van der Waals surface area contributed by atoms with Crippen molar-refractivity contribution >= 4 is 11.9 Å². The normalized spacial score (nSPS) is 20.1. The Hall–Kier alpha value is -1.45. The molecule has 0 radical (unpaired) electrons. The van der Waals surface area contributed by atoms with Crippen molar-refractivity contribution in [1.29, 1.82) is 0 Å². The largest absolute Gasteiger partial charge is 0.475 e. The van der Waals surface area contributed by atoms with Gasteiger partial charge in [-0.25, -0.2) is 4.79 Å². The SMILES string of the molecule is O=C(O)c1ccc(NC(C2CC2)C2CC2)o1. The Morgan fingerprint density at radius 3 is 2.38 bits per heavy atom. The van der Waals surface area contributed by atoms with Crippen LogP contribution in [-0.4, -0.2) is 17.1 Å². The van der Waals surface area contributed by atoms with Gasteiger partial charge in [-0.15, -0.1) is 0 Å². The maximum atomic E-state index is 10.7. The second-order valence-corrected chi connectivity index (χ2v) is 4.81. The highest BCUT2D eigenvalue weighted by Gasteiger charge is 2.41. The van der Waals surface area contributed by atoms with Crippen LogP contribution in [0.15, 0.2) is 16.5 Å². The lowest BCUT2D eigenvalue weighted by atomic mass is 10.1. The van der Waals surface area contributed by atoms with Crippen molar-refractivity contribution in [1.82, 2.24) is 0 Å². The van der Waals surface area contributed by atoms with E-state index in [1.54, 1.807) is 6.07 Å². The summed E-state index contributed by atoms with van der Waals surface area (Å²) in [5, 5.41) is 12.1. The van der Waals surface area contributed by atoms with E-state index in [9.17, 15) is 4.79 Å². The van der Waals surface area contributed by atoms with E-state index in [0.717, 1.165) is 11.8 Å². The summed E-state index contributed by atoms with van der Waals surface area (Å²) < 4.78 is 5.22. The average molecular weight is 221 g/mol. The molecule has 2 saturated carbocycles. The molecule has 0 aliphatic heterocycles. The first-order valence-corrected chi connectivity index (χ1v) is 5.83. The summed E-state index contributed by atoms with van der Waals surface area (Å²) in [4.78, 5) is 10.7. The van der Waals surface area contributed by atoms with Gasteiger partial charge < -0.3 is 14.8 Å². The van der Waals surface area contributed by atoms with Gasteiger partial charge in [0, 0.05) is 12.1 Å². The molecule has 2 N–H and O–H groups in total. The number of aromatic carboxylic acids is 1. The third-order valence-corrected chi connectivity index (χ3v) is 3.39. The Morgan fingerprint density at radius 2 is 1.94 bits per heavy atom. The van der Waals surface area contributed by atoms with E-state index in [-0.39, 0.29) is 5.76 Å². The second-order valence-electron chi connectivity index (χ2n) is 4.81. The van der Waals surface area contributed by atoms with Gasteiger partial charge in [0.05, 0.1) is 0 Å². The first-order valence-electron chi connectivity index (χ1n) is 5.83. The zero-order chi connectivity index (χ0) is 11.1. The molecule has 0 bridgehead atoms. The topological polar surface area (TPSA) is 62.5 Å². The summed E-state index contributed by atoms with van der Waals surface area (Å²) in [6.07, 6.45) is 5.17. The summed E-state index contributed by atoms with van der Waals surface area (Å²) in [6.45, 7) is 0. The van der Waals surface area contributed by atoms with Crippen molar-refractivity contribution in [3.8, 4) is 0 Å². The first-order chi connectivity index (χ1) is 7.74. The molecule has 0 atom stereocenters. The van der Waals surface area contributed by atoms with Gasteiger partial charge in [-0.3, -0.25) is 0 Å². The highest BCUT2D eigenvalue weighted by Crippen LogP contribution is 2.45. The van der Waals surface area contributed by atoms with Crippen molar-refractivity contribution in [2.24, 2.45) is 11.8 Å². The maximum Gasteiger partial charge on any atom is 0.371 e. The third kappa shape index (κ3) is 1.92. The number of carbonyl (C=O) groups is 1. The molecule has 86 valence electrons. The number of furan rings is 1. The maximum absolute atomic E-state index is 10.7. The van der Waals surface area contributed by atoms with E-state index in [1.807, 2.05) is 0 Å². The molecule has 4 heteroatoms. The van der Waals surface area contributed by atoms with Crippen molar-refractivity contribution in [3.63, 3.8) is 0 Å². The van der Waals surface area contributed by atoms with Gasteiger partial charge in [0.2, 0.25) is 5.76 Å². The van der Waals surface area contributed by atoms with Crippen LogP contribution in [0, 0.1) is 11.8 Å². The van der Waals surface area contributed by atoms with E-state index < -0.39 is 5.97 Å². The molecular formula is C12H15NO3. The molecule has 4 nitrogen and oxygen atoms in total. The minimum Gasteiger partial charge on any atom is -0.475 e. The smallest absolute Gasteiger partial charge is 0.371 e. The van der Waals surface area contributed by atoms with Gasteiger partial charge in [0.1, 0.15) is 0 Å². The molecule has 0 spiro atoms. The Balaban J connectivity index is 1.69. The predicted molar refractivity (Wildman–Crippen MR) is 58.5 cm³/mol. The fourth-order valence-electron chi connectivity index (χ4n) is 2.23. The van der Waals surface area contributed by atoms with Gasteiger partial charge >= 0.3 is 5.97 Å². The first kappa shape index (κ1) is 9.75. The predicted octanol–water partition coefficient (Wildman–Crippen LogP) is 2.58. The Labute approximate surface area is 93.6 Å². The Morgan fingerprint density at radius 1 is 1.31 bits per heavy atom. The van der Waals surface area contributed by atoms with E-state index in [4.69, 9.17) is 9.52 Å². The van der Waals surface area contributed by atoms with Crippen LogP contribution in [-0.2, 0) is 0 Å². The van der Waals surface area contributed by atoms with Crippen molar-refractivity contribution in [3.05, 3.63) is 17.9 Å². The van der Waals surface area contributed by atoms with Gasteiger partial charge in [-0.05, 0) is 43.6 Å². The second kappa shape index (κ2) is 3.54. The number of carboxylic acid groups (broad SMARTS) is 1. The highest BCUT2D eigenvalue weighted by atomic mass is 16.4. The van der Waals surface area contributed by atoms with Crippen LogP contribution in [0.5, 0.6) is 0 Å². The lowest BCUT2D eigenvalue weighted by molar-refractivity contribution is 0.0663. The van der Waals surface area contributed by atoms with Crippen LogP contribution < -0.4 is 5.32 Å². The molecule has 0 saturated heterocycles. The molecule has 0 aromatic carbocycles. The number of nitrogens with one attached hydrogen (secondary N) is 1. The fraction of sp³-hybridized carbons (Fsp3) is 0.583.